The molecule has 1 unspecified atom stereocenters. The number of anilines is 2. The highest BCUT2D eigenvalue weighted by Gasteiger charge is 2.39. The number of pyridine rings is 2. The SMILES string of the molecule is CC1CN(c2ncccc2C(=O)NS(=O)(=O)c2cccc(NCC(F)F)n2)C(C)(C)C1. The van der Waals surface area contributed by atoms with Crippen LogP contribution >= 0.6 is 0 Å². The van der Waals surface area contributed by atoms with Crippen LogP contribution in [-0.4, -0.2) is 49.3 Å². The molecule has 31 heavy (non-hydrogen) atoms. The summed E-state index contributed by atoms with van der Waals surface area (Å²) in [6, 6.07) is 6.96. The Bertz CT molecular complexity index is 1060. The molecular weight excluding hydrogens is 428 g/mol. The van der Waals surface area contributed by atoms with Crippen molar-refractivity contribution in [1.82, 2.24) is 14.7 Å². The summed E-state index contributed by atoms with van der Waals surface area (Å²) in [5.74, 6) is -0.0779. The van der Waals surface area contributed by atoms with Gasteiger partial charge in [-0.25, -0.2) is 23.5 Å². The van der Waals surface area contributed by atoms with E-state index in [-0.39, 0.29) is 16.9 Å². The second kappa shape index (κ2) is 8.74. The highest BCUT2D eigenvalue weighted by molar-refractivity contribution is 7.90. The van der Waals surface area contributed by atoms with Gasteiger partial charge in [0.15, 0.2) is 5.03 Å². The van der Waals surface area contributed by atoms with Gasteiger partial charge >= 0.3 is 0 Å². The third kappa shape index (κ3) is 5.27. The van der Waals surface area contributed by atoms with E-state index < -0.39 is 33.9 Å². The van der Waals surface area contributed by atoms with Crippen molar-refractivity contribution in [1.29, 1.82) is 0 Å². The Balaban J connectivity index is 1.85. The summed E-state index contributed by atoms with van der Waals surface area (Å²) in [6.45, 7) is 6.22. The Morgan fingerprint density at radius 2 is 2.03 bits per heavy atom. The zero-order chi connectivity index (χ0) is 22.8. The Labute approximate surface area is 180 Å². The number of nitrogens with zero attached hydrogens (tertiary/aromatic N) is 3. The first-order valence-electron chi connectivity index (χ1n) is 9.78. The molecule has 2 aromatic heterocycles. The maximum atomic E-state index is 12.9. The van der Waals surface area contributed by atoms with E-state index in [4.69, 9.17) is 0 Å². The van der Waals surface area contributed by atoms with Crippen molar-refractivity contribution < 1.29 is 22.0 Å². The summed E-state index contributed by atoms with van der Waals surface area (Å²) < 4.78 is 52.2. The van der Waals surface area contributed by atoms with Crippen LogP contribution < -0.4 is 14.9 Å². The quantitative estimate of drug-likeness (QED) is 0.664. The van der Waals surface area contributed by atoms with E-state index >= 15 is 0 Å². The molecule has 1 saturated heterocycles. The highest BCUT2D eigenvalue weighted by Crippen LogP contribution is 2.37. The molecule has 1 aliphatic rings. The number of sulfonamides is 1. The van der Waals surface area contributed by atoms with Gasteiger partial charge < -0.3 is 10.2 Å². The second-order valence-corrected chi connectivity index (χ2v) is 9.80. The van der Waals surface area contributed by atoms with E-state index in [1.54, 1.807) is 12.3 Å². The lowest BCUT2D eigenvalue weighted by Crippen LogP contribution is -2.41. The molecule has 8 nitrogen and oxygen atoms in total. The fourth-order valence-corrected chi connectivity index (χ4v) is 4.76. The monoisotopic (exact) mass is 453 g/mol. The minimum absolute atomic E-state index is 0.0366. The van der Waals surface area contributed by atoms with Crippen LogP contribution in [0, 0.1) is 5.92 Å². The van der Waals surface area contributed by atoms with Crippen LogP contribution in [-0.2, 0) is 10.0 Å². The Morgan fingerprint density at radius 1 is 1.29 bits per heavy atom. The third-order valence-electron chi connectivity index (χ3n) is 5.02. The number of carbonyl (C=O) groups excluding carboxylic acids is 1. The zero-order valence-corrected chi connectivity index (χ0v) is 18.3. The Morgan fingerprint density at radius 3 is 2.68 bits per heavy atom. The van der Waals surface area contributed by atoms with E-state index in [1.165, 1.54) is 24.3 Å². The predicted molar refractivity (Wildman–Crippen MR) is 113 cm³/mol. The topological polar surface area (TPSA) is 104 Å². The first-order valence-corrected chi connectivity index (χ1v) is 11.3. The molecule has 1 aliphatic heterocycles. The number of nitrogens with one attached hydrogen (secondary N) is 2. The van der Waals surface area contributed by atoms with Crippen molar-refractivity contribution in [2.75, 3.05) is 23.3 Å². The lowest BCUT2D eigenvalue weighted by molar-refractivity contribution is 0.0981. The number of aromatic nitrogens is 2. The van der Waals surface area contributed by atoms with Crippen molar-refractivity contribution >= 4 is 27.6 Å². The van der Waals surface area contributed by atoms with Crippen molar-refractivity contribution in [3.63, 3.8) is 0 Å². The molecule has 0 radical (unpaired) electrons. The second-order valence-electron chi connectivity index (χ2n) is 8.17. The van der Waals surface area contributed by atoms with E-state index in [2.05, 4.69) is 22.2 Å². The smallest absolute Gasteiger partial charge is 0.281 e. The van der Waals surface area contributed by atoms with Crippen LogP contribution in [0.5, 0.6) is 0 Å². The number of halogens is 2. The third-order valence-corrected chi connectivity index (χ3v) is 6.26. The lowest BCUT2D eigenvalue weighted by atomic mass is 9.97. The molecule has 0 aliphatic carbocycles. The minimum Gasteiger partial charge on any atom is -0.364 e. The zero-order valence-electron chi connectivity index (χ0n) is 17.5. The van der Waals surface area contributed by atoms with Gasteiger partial charge in [0.2, 0.25) is 0 Å². The van der Waals surface area contributed by atoms with Gasteiger partial charge in [-0.3, -0.25) is 4.79 Å². The lowest BCUT2D eigenvalue weighted by Gasteiger charge is -2.33. The molecular formula is C20H25F2N5O3S. The summed E-state index contributed by atoms with van der Waals surface area (Å²) in [7, 11) is -4.33. The Hall–Kier alpha value is -2.82. The summed E-state index contributed by atoms with van der Waals surface area (Å²) in [5, 5.41) is 1.89. The number of carbonyl (C=O) groups is 1. The summed E-state index contributed by atoms with van der Waals surface area (Å²) in [4.78, 5) is 23.1. The van der Waals surface area contributed by atoms with Crippen molar-refractivity contribution in [2.45, 2.75) is 44.2 Å². The molecule has 0 saturated carbocycles. The van der Waals surface area contributed by atoms with E-state index in [9.17, 15) is 22.0 Å². The van der Waals surface area contributed by atoms with Gasteiger partial charge in [-0.2, -0.15) is 8.42 Å². The molecule has 3 heterocycles. The van der Waals surface area contributed by atoms with E-state index in [0.717, 1.165) is 6.42 Å². The van der Waals surface area contributed by atoms with Crippen LogP contribution in [0.2, 0.25) is 0 Å². The molecule has 0 bridgehead atoms. The first-order chi connectivity index (χ1) is 14.5. The van der Waals surface area contributed by atoms with Gasteiger partial charge in [0.25, 0.3) is 22.4 Å². The van der Waals surface area contributed by atoms with E-state index in [1.807, 2.05) is 23.5 Å². The number of hydrogen-bond donors (Lipinski definition) is 2. The van der Waals surface area contributed by atoms with Crippen molar-refractivity contribution in [3.05, 3.63) is 42.1 Å². The molecule has 3 rings (SSSR count). The average molecular weight is 454 g/mol. The fourth-order valence-electron chi connectivity index (χ4n) is 3.82. The minimum atomic E-state index is -4.33. The van der Waals surface area contributed by atoms with E-state index in [0.29, 0.717) is 18.3 Å². The number of rotatable bonds is 7. The van der Waals surface area contributed by atoms with Crippen LogP contribution in [0.1, 0.15) is 37.6 Å². The first kappa shape index (κ1) is 22.9. The highest BCUT2D eigenvalue weighted by atomic mass is 32.2. The van der Waals surface area contributed by atoms with Crippen LogP contribution in [0.15, 0.2) is 41.6 Å². The maximum Gasteiger partial charge on any atom is 0.281 e. The van der Waals surface area contributed by atoms with Crippen LogP contribution in [0.3, 0.4) is 0 Å². The summed E-state index contributed by atoms with van der Waals surface area (Å²) >= 11 is 0. The molecule has 11 heteroatoms. The number of hydrogen-bond acceptors (Lipinski definition) is 7. The molecule has 168 valence electrons. The molecule has 1 atom stereocenters. The molecule has 1 fully saturated rings. The normalized spacial score (nSPS) is 18.3. The average Bonchev–Trinajstić information content (AvgIpc) is 2.98. The molecule has 2 aromatic rings. The predicted octanol–water partition coefficient (Wildman–Crippen LogP) is 2.90. The van der Waals surface area contributed by atoms with Crippen molar-refractivity contribution in [3.8, 4) is 0 Å². The largest absolute Gasteiger partial charge is 0.364 e. The molecule has 1 amide bonds. The Kier molecular flexibility index (Phi) is 6.44. The van der Waals surface area contributed by atoms with Gasteiger partial charge in [-0.05, 0) is 50.5 Å². The number of alkyl halides is 2. The fraction of sp³-hybridized carbons (Fsp3) is 0.450. The van der Waals surface area contributed by atoms with Gasteiger partial charge in [0.1, 0.15) is 11.6 Å². The maximum absolute atomic E-state index is 12.9. The van der Waals surface area contributed by atoms with Crippen molar-refractivity contribution in [2.24, 2.45) is 5.92 Å². The van der Waals surface area contributed by atoms with Gasteiger partial charge in [0, 0.05) is 18.3 Å². The van der Waals surface area contributed by atoms with Crippen LogP contribution in [0.25, 0.3) is 0 Å². The number of amides is 1. The summed E-state index contributed by atoms with van der Waals surface area (Å²) in [5.41, 5.74) is -0.117. The molecule has 0 aromatic carbocycles. The molecule has 0 spiro atoms. The summed E-state index contributed by atoms with van der Waals surface area (Å²) in [6.07, 6.45) is -0.159. The van der Waals surface area contributed by atoms with Crippen LogP contribution in [0.4, 0.5) is 20.4 Å². The van der Waals surface area contributed by atoms with Gasteiger partial charge in [0.05, 0.1) is 12.1 Å². The standard InChI is InChI=1S/C20H25F2N5O3S/c1-13-10-20(2,3)27(12-13)18-14(6-5-9-23-18)19(28)26-31(29,30)17-8-4-7-16(25-17)24-11-15(21)22/h4-9,13,15H,10-12H2,1-3H3,(H,24,25)(H,26,28). The van der Waals surface area contributed by atoms with Gasteiger partial charge in [-0.15, -0.1) is 0 Å². The molecule has 2 N–H and O–H groups in total. The van der Waals surface area contributed by atoms with Gasteiger partial charge in [-0.1, -0.05) is 13.0 Å².